The molecular weight excluding hydrogens is 254 g/mol. The minimum absolute atomic E-state index is 0.559. The molecule has 0 bridgehead atoms. The summed E-state index contributed by atoms with van der Waals surface area (Å²) >= 11 is 0. The number of likely N-dealkylation sites (N-methyl/N-ethyl adjacent to an activating group) is 1. The Morgan fingerprint density at radius 3 is 2.62 bits per heavy atom. The van der Waals surface area contributed by atoms with E-state index in [9.17, 15) is 0 Å². The Balaban J connectivity index is 1.70. The molecule has 2 unspecified atom stereocenters. The van der Waals surface area contributed by atoms with Crippen LogP contribution in [-0.2, 0) is 12.8 Å². The van der Waals surface area contributed by atoms with E-state index in [1.54, 1.807) is 11.1 Å². The van der Waals surface area contributed by atoms with Crippen molar-refractivity contribution in [2.75, 3.05) is 7.05 Å². The SMILES string of the molecule is CNC(Cc1ccccc1)CC1CCCc2ccccc21. The van der Waals surface area contributed by atoms with Gasteiger partial charge in [0.1, 0.15) is 0 Å². The summed E-state index contributed by atoms with van der Waals surface area (Å²) in [5.41, 5.74) is 4.60. The molecule has 1 aliphatic rings. The summed E-state index contributed by atoms with van der Waals surface area (Å²) in [7, 11) is 2.10. The van der Waals surface area contributed by atoms with Gasteiger partial charge in [-0.3, -0.25) is 0 Å². The number of benzene rings is 2. The second-order valence-electron chi connectivity index (χ2n) is 6.20. The van der Waals surface area contributed by atoms with Crippen molar-refractivity contribution < 1.29 is 0 Å². The number of aryl methyl sites for hydroxylation is 1. The van der Waals surface area contributed by atoms with Crippen LogP contribution in [0.1, 0.15) is 41.9 Å². The van der Waals surface area contributed by atoms with E-state index in [1.807, 2.05) is 0 Å². The molecule has 1 heteroatoms. The topological polar surface area (TPSA) is 12.0 Å². The second-order valence-corrected chi connectivity index (χ2v) is 6.20. The van der Waals surface area contributed by atoms with E-state index in [-0.39, 0.29) is 0 Å². The first-order valence-corrected chi connectivity index (χ1v) is 8.16. The average molecular weight is 279 g/mol. The maximum Gasteiger partial charge on any atom is 0.0110 e. The summed E-state index contributed by atoms with van der Waals surface area (Å²) in [5, 5.41) is 3.53. The molecule has 3 rings (SSSR count). The third-order valence-electron chi connectivity index (χ3n) is 4.80. The van der Waals surface area contributed by atoms with E-state index >= 15 is 0 Å². The monoisotopic (exact) mass is 279 g/mol. The zero-order valence-corrected chi connectivity index (χ0v) is 12.9. The Morgan fingerprint density at radius 2 is 1.81 bits per heavy atom. The highest BCUT2D eigenvalue weighted by molar-refractivity contribution is 5.32. The van der Waals surface area contributed by atoms with Crippen LogP contribution in [0, 0.1) is 0 Å². The van der Waals surface area contributed by atoms with Crippen LogP contribution in [0.2, 0.25) is 0 Å². The van der Waals surface area contributed by atoms with Gasteiger partial charge in [0.25, 0.3) is 0 Å². The van der Waals surface area contributed by atoms with Crippen molar-refractivity contribution in [3.63, 3.8) is 0 Å². The van der Waals surface area contributed by atoms with Crippen molar-refractivity contribution in [3.8, 4) is 0 Å². The molecule has 1 N–H and O–H groups in total. The predicted octanol–water partition coefficient (Wildman–Crippen LogP) is 4.33. The van der Waals surface area contributed by atoms with Crippen LogP contribution in [0.5, 0.6) is 0 Å². The van der Waals surface area contributed by atoms with Crippen LogP contribution >= 0.6 is 0 Å². The molecule has 2 aromatic rings. The highest BCUT2D eigenvalue weighted by Crippen LogP contribution is 2.34. The van der Waals surface area contributed by atoms with Crippen LogP contribution in [0.25, 0.3) is 0 Å². The summed E-state index contributed by atoms with van der Waals surface area (Å²) in [4.78, 5) is 0. The van der Waals surface area contributed by atoms with E-state index in [4.69, 9.17) is 0 Å². The van der Waals surface area contributed by atoms with E-state index < -0.39 is 0 Å². The molecule has 0 fully saturated rings. The van der Waals surface area contributed by atoms with E-state index in [1.165, 1.54) is 31.2 Å². The molecule has 0 aromatic heterocycles. The number of hydrogen-bond acceptors (Lipinski definition) is 1. The van der Waals surface area contributed by atoms with Gasteiger partial charge in [-0.25, -0.2) is 0 Å². The van der Waals surface area contributed by atoms with Gasteiger partial charge in [0.2, 0.25) is 0 Å². The Morgan fingerprint density at radius 1 is 1.05 bits per heavy atom. The molecule has 2 aromatic carbocycles. The van der Waals surface area contributed by atoms with Crippen molar-refractivity contribution in [2.24, 2.45) is 0 Å². The Hall–Kier alpha value is -1.60. The number of nitrogens with one attached hydrogen (secondary N) is 1. The average Bonchev–Trinajstić information content (AvgIpc) is 2.55. The van der Waals surface area contributed by atoms with Gasteiger partial charge in [-0.1, -0.05) is 54.6 Å². The fourth-order valence-electron chi connectivity index (χ4n) is 3.64. The maximum absolute atomic E-state index is 3.53. The number of fused-ring (bicyclic) bond motifs is 1. The zero-order chi connectivity index (χ0) is 14.5. The lowest BCUT2D eigenvalue weighted by atomic mass is 9.79. The maximum atomic E-state index is 3.53. The van der Waals surface area contributed by atoms with E-state index in [0.717, 1.165) is 12.3 Å². The third-order valence-corrected chi connectivity index (χ3v) is 4.80. The third kappa shape index (κ3) is 3.54. The van der Waals surface area contributed by atoms with E-state index in [0.29, 0.717) is 6.04 Å². The van der Waals surface area contributed by atoms with Crippen molar-refractivity contribution in [1.82, 2.24) is 5.32 Å². The molecule has 21 heavy (non-hydrogen) atoms. The molecule has 1 aliphatic carbocycles. The highest BCUT2D eigenvalue weighted by Gasteiger charge is 2.22. The molecule has 0 spiro atoms. The molecule has 0 radical (unpaired) electrons. The smallest absolute Gasteiger partial charge is 0.0110 e. The number of rotatable bonds is 5. The van der Waals surface area contributed by atoms with Crippen LogP contribution in [-0.4, -0.2) is 13.1 Å². The van der Waals surface area contributed by atoms with Crippen molar-refractivity contribution in [3.05, 3.63) is 71.3 Å². The Labute approximate surface area is 128 Å². The molecule has 0 amide bonds. The normalized spacial score (nSPS) is 19.0. The lowest BCUT2D eigenvalue weighted by molar-refractivity contribution is 0.428. The molecular formula is C20H25N. The fourth-order valence-corrected chi connectivity index (χ4v) is 3.64. The van der Waals surface area contributed by atoms with E-state index in [2.05, 4.69) is 67.0 Å². The first-order valence-electron chi connectivity index (χ1n) is 8.16. The molecule has 0 saturated heterocycles. The molecule has 0 saturated carbocycles. The lowest BCUT2D eigenvalue weighted by Gasteiger charge is -2.29. The van der Waals surface area contributed by atoms with Crippen LogP contribution < -0.4 is 5.32 Å². The van der Waals surface area contributed by atoms with Gasteiger partial charge in [0.05, 0.1) is 0 Å². The van der Waals surface area contributed by atoms with Crippen LogP contribution in [0.15, 0.2) is 54.6 Å². The van der Waals surface area contributed by atoms with Gasteiger partial charge in [-0.05, 0) is 61.8 Å². The summed E-state index contributed by atoms with van der Waals surface area (Å²) in [6, 6.07) is 20.4. The Kier molecular flexibility index (Phi) is 4.72. The van der Waals surface area contributed by atoms with Crippen LogP contribution in [0.3, 0.4) is 0 Å². The summed E-state index contributed by atoms with van der Waals surface area (Å²) in [6.45, 7) is 0. The standard InChI is InChI=1S/C20H25N/c1-21-19(14-16-8-3-2-4-9-16)15-18-12-7-11-17-10-5-6-13-20(17)18/h2-6,8-10,13,18-19,21H,7,11-12,14-15H2,1H3. The number of hydrogen-bond donors (Lipinski definition) is 1. The molecule has 0 aliphatic heterocycles. The first-order chi connectivity index (χ1) is 10.4. The summed E-state index contributed by atoms with van der Waals surface area (Å²) in [6.07, 6.45) is 6.29. The largest absolute Gasteiger partial charge is 0.317 e. The second kappa shape index (κ2) is 6.91. The van der Waals surface area contributed by atoms with Crippen molar-refractivity contribution >= 4 is 0 Å². The molecule has 0 heterocycles. The van der Waals surface area contributed by atoms with Gasteiger partial charge < -0.3 is 5.32 Å². The summed E-state index contributed by atoms with van der Waals surface area (Å²) in [5.74, 6) is 0.719. The minimum atomic E-state index is 0.559. The zero-order valence-electron chi connectivity index (χ0n) is 12.9. The van der Waals surface area contributed by atoms with Crippen molar-refractivity contribution in [2.45, 2.75) is 44.1 Å². The first kappa shape index (κ1) is 14.3. The minimum Gasteiger partial charge on any atom is -0.317 e. The summed E-state index contributed by atoms with van der Waals surface area (Å²) < 4.78 is 0. The Bertz CT molecular complexity index is 561. The quantitative estimate of drug-likeness (QED) is 0.859. The van der Waals surface area contributed by atoms with Gasteiger partial charge >= 0.3 is 0 Å². The van der Waals surface area contributed by atoms with Gasteiger partial charge in [0.15, 0.2) is 0 Å². The van der Waals surface area contributed by atoms with Crippen LogP contribution in [0.4, 0.5) is 0 Å². The van der Waals surface area contributed by atoms with Gasteiger partial charge in [0, 0.05) is 6.04 Å². The molecule has 2 atom stereocenters. The van der Waals surface area contributed by atoms with Gasteiger partial charge in [-0.15, -0.1) is 0 Å². The molecule has 110 valence electrons. The lowest BCUT2D eigenvalue weighted by Crippen LogP contribution is -2.30. The van der Waals surface area contributed by atoms with Gasteiger partial charge in [-0.2, -0.15) is 0 Å². The predicted molar refractivity (Wildman–Crippen MR) is 89.7 cm³/mol. The molecule has 1 nitrogen and oxygen atoms in total. The highest BCUT2D eigenvalue weighted by atomic mass is 14.9. The van der Waals surface area contributed by atoms with Crippen molar-refractivity contribution in [1.29, 1.82) is 0 Å². The fraction of sp³-hybridized carbons (Fsp3) is 0.400.